The molecule has 5 nitrogen and oxygen atoms in total. The third-order valence-corrected chi connectivity index (χ3v) is 5.88. The van der Waals surface area contributed by atoms with E-state index in [1.54, 1.807) is 18.2 Å². The van der Waals surface area contributed by atoms with E-state index in [4.69, 9.17) is 8.83 Å². The van der Waals surface area contributed by atoms with Gasteiger partial charge in [0.1, 0.15) is 11.3 Å². The fraction of sp³-hybridized carbons (Fsp3) is 0.143. The number of fused-ring (bicyclic) bond motifs is 1. The number of anilines is 1. The van der Waals surface area contributed by atoms with Crippen LogP contribution in [0.1, 0.15) is 34.2 Å². The fourth-order valence-electron chi connectivity index (χ4n) is 3.71. The Balaban J connectivity index is 1.35. The number of aryl methyl sites for hydroxylation is 3. The molecule has 1 N–H and O–H groups in total. The Bertz CT molecular complexity index is 1460. The van der Waals surface area contributed by atoms with Gasteiger partial charge in [0.25, 0.3) is 5.91 Å². The summed E-state index contributed by atoms with van der Waals surface area (Å²) in [5.74, 6) is 1.15. The molecule has 2 heterocycles. The Hall–Kier alpha value is -4.12. The van der Waals surface area contributed by atoms with Gasteiger partial charge in [0.05, 0.1) is 0 Å². The van der Waals surface area contributed by atoms with E-state index in [9.17, 15) is 4.79 Å². The molecular weight excluding hydrogens is 412 g/mol. The molecule has 0 aliphatic heterocycles. The Labute approximate surface area is 192 Å². The summed E-state index contributed by atoms with van der Waals surface area (Å²) in [7, 11) is 0. The second-order valence-electron chi connectivity index (χ2n) is 8.17. The minimum Gasteiger partial charge on any atom is -0.451 e. The summed E-state index contributed by atoms with van der Waals surface area (Å²) in [6, 6.07) is 23.2. The number of nitrogens with one attached hydrogen (secondary N) is 1. The van der Waals surface area contributed by atoms with Crippen molar-refractivity contribution in [2.45, 2.75) is 27.2 Å². The van der Waals surface area contributed by atoms with Crippen molar-refractivity contribution in [2.75, 3.05) is 5.32 Å². The highest BCUT2D eigenvalue weighted by Crippen LogP contribution is 2.28. The second kappa shape index (κ2) is 8.43. The van der Waals surface area contributed by atoms with Crippen molar-refractivity contribution in [3.05, 3.63) is 95.2 Å². The van der Waals surface area contributed by atoms with Crippen molar-refractivity contribution in [3.8, 4) is 22.8 Å². The quantitative estimate of drug-likeness (QED) is 0.317. The molecule has 0 radical (unpaired) electrons. The van der Waals surface area contributed by atoms with Crippen LogP contribution in [0.3, 0.4) is 0 Å². The first-order chi connectivity index (χ1) is 16.0. The van der Waals surface area contributed by atoms with Crippen LogP contribution in [-0.2, 0) is 6.42 Å². The lowest BCUT2D eigenvalue weighted by Crippen LogP contribution is -2.10. The zero-order valence-corrected chi connectivity index (χ0v) is 18.8. The van der Waals surface area contributed by atoms with Crippen LogP contribution in [0.4, 0.5) is 5.69 Å². The summed E-state index contributed by atoms with van der Waals surface area (Å²) >= 11 is 0. The number of rotatable bonds is 5. The Morgan fingerprint density at radius 1 is 0.848 bits per heavy atom. The van der Waals surface area contributed by atoms with E-state index in [2.05, 4.69) is 49.3 Å². The van der Waals surface area contributed by atoms with E-state index in [0.717, 1.165) is 17.5 Å². The summed E-state index contributed by atoms with van der Waals surface area (Å²) in [5.41, 5.74) is 7.49. The second-order valence-corrected chi connectivity index (χ2v) is 8.17. The van der Waals surface area contributed by atoms with Crippen molar-refractivity contribution >= 4 is 22.7 Å². The molecule has 164 valence electrons. The number of carbonyl (C=O) groups is 1. The van der Waals surface area contributed by atoms with Gasteiger partial charge in [0, 0.05) is 16.8 Å². The molecule has 0 spiro atoms. The lowest BCUT2D eigenvalue weighted by atomic mass is 10.1. The number of benzene rings is 3. The maximum absolute atomic E-state index is 12.8. The first-order valence-electron chi connectivity index (χ1n) is 11.0. The van der Waals surface area contributed by atoms with Gasteiger partial charge in [-0.3, -0.25) is 4.79 Å². The number of nitrogens with zero attached hydrogens (tertiary/aromatic N) is 1. The highest BCUT2D eigenvalue weighted by atomic mass is 16.4. The molecular formula is C28H24N2O3. The average molecular weight is 437 g/mol. The van der Waals surface area contributed by atoms with Crippen LogP contribution < -0.4 is 5.32 Å². The molecule has 5 rings (SSSR count). The van der Waals surface area contributed by atoms with Gasteiger partial charge in [-0.05, 0) is 85.5 Å². The lowest BCUT2D eigenvalue weighted by Gasteiger charge is -2.04. The molecule has 5 heteroatoms. The van der Waals surface area contributed by atoms with Gasteiger partial charge in [0.2, 0.25) is 5.89 Å². The van der Waals surface area contributed by atoms with Crippen LogP contribution in [0, 0.1) is 13.8 Å². The summed E-state index contributed by atoms with van der Waals surface area (Å²) in [5, 5.41) is 2.89. The SMILES string of the molecule is CCc1ccc(-c2nc3cc(NC(=O)c4ccc(-c5ccc(C)c(C)c5)o4)ccc3o2)cc1. The van der Waals surface area contributed by atoms with Gasteiger partial charge >= 0.3 is 0 Å². The number of hydrogen-bond acceptors (Lipinski definition) is 4. The summed E-state index contributed by atoms with van der Waals surface area (Å²) in [6.45, 7) is 6.25. The Kier molecular flexibility index (Phi) is 5.31. The summed E-state index contributed by atoms with van der Waals surface area (Å²) in [4.78, 5) is 17.4. The van der Waals surface area contributed by atoms with Gasteiger partial charge in [0.15, 0.2) is 11.3 Å². The van der Waals surface area contributed by atoms with Gasteiger partial charge in [-0.2, -0.15) is 0 Å². The van der Waals surface area contributed by atoms with E-state index < -0.39 is 0 Å². The fourth-order valence-corrected chi connectivity index (χ4v) is 3.71. The highest BCUT2D eigenvalue weighted by Gasteiger charge is 2.15. The lowest BCUT2D eigenvalue weighted by molar-refractivity contribution is 0.0997. The van der Waals surface area contributed by atoms with Crippen LogP contribution in [0.15, 0.2) is 81.6 Å². The predicted molar refractivity (Wildman–Crippen MR) is 130 cm³/mol. The molecule has 0 bridgehead atoms. The van der Waals surface area contributed by atoms with Crippen LogP contribution in [0.2, 0.25) is 0 Å². The van der Waals surface area contributed by atoms with Crippen LogP contribution in [0.5, 0.6) is 0 Å². The molecule has 2 aromatic heterocycles. The maximum atomic E-state index is 12.8. The molecule has 1 amide bonds. The van der Waals surface area contributed by atoms with Gasteiger partial charge < -0.3 is 14.2 Å². The molecule has 0 fully saturated rings. The minimum atomic E-state index is -0.316. The first-order valence-corrected chi connectivity index (χ1v) is 11.0. The van der Waals surface area contributed by atoms with Crippen molar-refractivity contribution in [2.24, 2.45) is 0 Å². The number of amides is 1. The summed E-state index contributed by atoms with van der Waals surface area (Å²) in [6.07, 6.45) is 0.985. The Morgan fingerprint density at radius 3 is 2.39 bits per heavy atom. The van der Waals surface area contributed by atoms with Crippen molar-refractivity contribution < 1.29 is 13.6 Å². The normalized spacial score (nSPS) is 11.1. The summed E-state index contributed by atoms with van der Waals surface area (Å²) < 4.78 is 11.7. The largest absolute Gasteiger partial charge is 0.451 e. The van der Waals surface area contributed by atoms with Gasteiger partial charge in [-0.25, -0.2) is 4.98 Å². The third-order valence-electron chi connectivity index (χ3n) is 5.88. The molecule has 0 atom stereocenters. The number of hydrogen-bond donors (Lipinski definition) is 1. The number of furan rings is 1. The van der Waals surface area contributed by atoms with E-state index in [-0.39, 0.29) is 11.7 Å². The minimum absolute atomic E-state index is 0.250. The predicted octanol–water partition coefficient (Wildman–Crippen LogP) is 7.19. The molecule has 3 aromatic carbocycles. The Morgan fingerprint density at radius 2 is 1.64 bits per heavy atom. The van der Waals surface area contributed by atoms with Crippen molar-refractivity contribution in [1.82, 2.24) is 4.98 Å². The van der Waals surface area contributed by atoms with E-state index in [1.165, 1.54) is 16.7 Å². The number of carbonyl (C=O) groups excluding carboxylic acids is 1. The topological polar surface area (TPSA) is 68.3 Å². The van der Waals surface area contributed by atoms with Crippen molar-refractivity contribution in [1.29, 1.82) is 0 Å². The number of oxazole rings is 1. The third kappa shape index (κ3) is 4.17. The molecule has 33 heavy (non-hydrogen) atoms. The van der Waals surface area contributed by atoms with Crippen LogP contribution in [0.25, 0.3) is 33.9 Å². The highest BCUT2D eigenvalue weighted by molar-refractivity contribution is 6.03. The smallest absolute Gasteiger partial charge is 0.291 e. The average Bonchev–Trinajstić information content (AvgIpc) is 3.48. The monoisotopic (exact) mass is 436 g/mol. The van der Waals surface area contributed by atoms with E-state index >= 15 is 0 Å². The van der Waals surface area contributed by atoms with Crippen LogP contribution >= 0.6 is 0 Å². The zero-order chi connectivity index (χ0) is 22.9. The standard InChI is InChI=1S/C28H24N2O3/c1-4-19-6-9-20(10-7-19)28-30-23-16-22(11-12-25(23)33-28)29-27(31)26-14-13-24(32-26)21-8-5-17(2)18(3)15-21/h5-16H,4H2,1-3H3,(H,29,31). The molecule has 0 aliphatic carbocycles. The number of aromatic nitrogens is 1. The van der Waals surface area contributed by atoms with Gasteiger partial charge in [-0.1, -0.05) is 31.2 Å². The molecule has 5 aromatic rings. The van der Waals surface area contributed by atoms with Crippen molar-refractivity contribution in [3.63, 3.8) is 0 Å². The van der Waals surface area contributed by atoms with E-state index in [0.29, 0.717) is 28.4 Å². The van der Waals surface area contributed by atoms with Crippen LogP contribution in [-0.4, -0.2) is 10.9 Å². The zero-order valence-electron chi connectivity index (χ0n) is 18.8. The first kappa shape index (κ1) is 20.8. The molecule has 0 unspecified atom stereocenters. The van der Waals surface area contributed by atoms with Gasteiger partial charge in [-0.15, -0.1) is 0 Å². The van der Waals surface area contributed by atoms with E-state index in [1.807, 2.05) is 36.4 Å². The maximum Gasteiger partial charge on any atom is 0.291 e. The molecule has 0 saturated carbocycles. The molecule has 0 saturated heterocycles. The molecule has 0 aliphatic rings.